The maximum Gasteiger partial charge on any atom is 0.257 e. The van der Waals surface area contributed by atoms with Gasteiger partial charge < -0.3 is 14.7 Å². The van der Waals surface area contributed by atoms with Crippen LogP contribution in [0.4, 0.5) is 4.39 Å². The number of amides is 1. The third-order valence-electron chi connectivity index (χ3n) is 4.43. The number of carbonyl (C=O) groups is 1. The van der Waals surface area contributed by atoms with Crippen molar-refractivity contribution in [3.05, 3.63) is 59.4 Å². The molecule has 1 saturated heterocycles. The Labute approximate surface area is 140 Å². The number of carbonyl (C=O) groups excluding carboxylic acids is 1. The first-order valence-corrected chi connectivity index (χ1v) is 7.97. The number of phenols is 1. The number of phenolic OH excluding ortho intramolecular Hbond substituents is 1. The normalized spacial score (nSPS) is 17.1. The zero-order chi connectivity index (χ0) is 17.1. The van der Waals surface area contributed by atoms with Crippen molar-refractivity contribution >= 4 is 5.91 Å². The molecule has 24 heavy (non-hydrogen) atoms. The molecule has 1 fully saturated rings. The number of likely N-dealkylation sites (tertiary alicyclic amines) is 1. The summed E-state index contributed by atoms with van der Waals surface area (Å²) >= 11 is 0. The first kappa shape index (κ1) is 16.3. The van der Waals surface area contributed by atoms with Gasteiger partial charge in [0.2, 0.25) is 0 Å². The molecule has 1 unspecified atom stereocenters. The molecule has 0 aromatic heterocycles. The summed E-state index contributed by atoms with van der Waals surface area (Å²) in [5, 5.41) is 9.34. The highest BCUT2D eigenvalue weighted by molar-refractivity contribution is 5.97. The minimum atomic E-state index is -0.421. The van der Waals surface area contributed by atoms with E-state index in [1.54, 1.807) is 17.0 Å². The summed E-state index contributed by atoms with van der Waals surface area (Å²) < 4.78 is 18.4. The second kappa shape index (κ2) is 6.91. The molecule has 2 aromatic carbocycles. The average Bonchev–Trinajstić information content (AvgIpc) is 3.04. The first-order valence-electron chi connectivity index (χ1n) is 7.97. The van der Waals surface area contributed by atoms with Crippen LogP contribution in [0.25, 0.3) is 0 Å². The van der Waals surface area contributed by atoms with Gasteiger partial charge >= 0.3 is 0 Å². The van der Waals surface area contributed by atoms with E-state index in [9.17, 15) is 14.3 Å². The topological polar surface area (TPSA) is 49.8 Å². The van der Waals surface area contributed by atoms with Gasteiger partial charge in [-0.1, -0.05) is 12.1 Å². The fraction of sp³-hybridized carbons (Fsp3) is 0.316. The van der Waals surface area contributed by atoms with Crippen LogP contribution in [0.5, 0.6) is 11.5 Å². The lowest BCUT2D eigenvalue weighted by molar-refractivity contribution is 0.0783. The molecule has 1 aliphatic heterocycles. The molecule has 0 saturated carbocycles. The summed E-state index contributed by atoms with van der Waals surface area (Å²) in [6.45, 7) is 1.35. The molecule has 5 heteroatoms. The Hall–Kier alpha value is -2.56. The predicted molar refractivity (Wildman–Crippen MR) is 88.8 cm³/mol. The van der Waals surface area contributed by atoms with Crippen molar-refractivity contribution in [2.24, 2.45) is 5.92 Å². The van der Waals surface area contributed by atoms with Crippen LogP contribution in [0, 0.1) is 11.7 Å². The summed E-state index contributed by atoms with van der Waals surface area (Å²) in [4.78, 5) is 14.5. The number of hydrogen-bond donors (Lipinski definition) is 1. The quantitative estimate of drug-likeness (QED) is 0.937. The number of aromatic hydroxyl groups is 1. The number of hydrogen-bond acceptors (Lipinski definition) is 3. The summed E-state index contributed by atoms with van der Waals surface area (Å²) in [5.41, 5.74) is 1.54. The predicted octanol–water partition coefficient (Wildman–Crippen LogP) is 3.24. The van der Waals surface area contributed by atoms with Crippen LogP contribution >= 0.6 is 0 Å². The van der Waals surface area contributed by atoms with Crippen LogP contribution in [0.3, 0.4) is 0 Å². The Balaban J connectivity index is 1.67. The molecule has 1 aliphatic rings. The number of benzene rings is 2. The number of methoxy groups -OCH3 is 1. The second-order valence-electron chi connectivity index (χ2n) is 6.12. The monoisotopic (exact) mass is 329 g/mol. The van der Waals surface area contributed by atoms with Crippen LogP contribution in [-0.4, -0.2) is 36.1 Å². The van der Waals surface area contributed by atoms with Gasteiger partial charge in [0.25, 0.3) is 5.91 Å². The fourth-order valence-corrected chi connectivity index (χ4v) is 3.16. The summed E-state index contributed by atoms with van der Waals surface area (Å²) in [6, 6.07) is 11.2. The highest BCUT2D eigenvalue weighted by atomic mass is 19.1. The van der Waals surface area contributed by atoms with E-state index in [0.717, 1.165) is 18.4 Å². The fourth-order valence-electron chi connectivity index (χ4n) is 3.16. The lowest BCUT2D eigenvalue weighted by atomic mass is 9.99. The van der Waals surface area contributed by atoms with E-state index in [-0.39, 0.29) is 17.4 Å². The van der Waals surface area contributed by atoms with Gasteiger partial charge in [0.15, 0.2) is 0 Å². The first-order chi connectivity index (χ1) is 11.6. The minimum Gasteiger partial charge on any atom is -0.508 e. The summed E-state index contributed by atoms with van der Waals surface area (Å²) in [7, 11) is 1.43. The maximum absolute atomic E-state index is 13.3. The molecule has 0 spiro atoms. The molecule has 0 bridgehead atoms. The third kappa shape index (κ3) is 3.50. The number of nitrogens with zero attached hydrogens (tertiary/aromatic N) is 1. The van der Waals surface area contributed by atoms with Crippen molar-refractivity contribution in [2.45, 2.75) is 12.8 Å². The molecule has 0 aliphatic carbocycles. The maximum atomic E-state index is 13.3. The highest BCUT2D eigenvalue weighted by Gasteiger charge is 2.28. The van der Waals surface area contributed by atoms with Gasteiger partial charge in [-0.3, -0.25) is 4.79 Å². The van der Waals surface area contributed by atoms with Crippen LogP contribution in [0.15, 0.2) is 42.5 Å². The van der Waals surface area contributed by atoms with Crippen LogP contribution in [0.1, 0.15) is 22.3 Å². The van der Waals surface area contributed by atoms with E-state index in [0.29, 0.717) is 24.6 Å². The van der Waals surface area contributed by atoms with Crippen molar-refractivity contribution < 1.29 is 19.0 Å². The third-order valence-corrected chi connectivity index (χ3v) is 4.43. The van der Waals surface area contributed by atoms with E-state index in [1.165, 1.54) is 25.3 Å². The molecule has 1 atom stereocenters. The lowest BCUT2D eigenvalue weighted by Crippen LogP contribution is -2.29. The SMILES string of the molecule is COc1cc(F)ccc1C(=O)N1CCC(Cc2ccc(O)cc2)C1. The molecular formula is C19H20FNO3. The van der Waals surface area contributed by atoms with Crippen LogP contribution < -0.4 is 4.74 Å². The number of halogens is 1. The van der Waals surface area contributed by atoms with Gasteiger partial charge in [0.1, 0.15) is 17.3 Å². The smallest absolute Gasteiger partial charge is 0.257 e. The second-order valence-corrected chi connectivity index (χ2v) is 6.12. The highest BCUT2D eigenvalue weighted by Crippen LogP contribution is 2.26. The molecule has 4 nitrogen and oxygen atoms in total. The largest absolute Gasteiger partial charge is 0.508 e. The lowest BCUT2D eigenvalue weighted by Gasteiger charge is -2.18. The van der Waals surface area contributed by atoms with Gasteiger partial charge in [-0.15, -0.1) is 0 Å². The van der Waals surface area contributed by atoms with E-state index in [2.05, 4.69) is 0 Å². The van der Waals surface area contributed by atoms with Crippen LogP contribution in [0.2, 0.25) is 0 Å². The van der Waals surface area contributed by atoms with Gasteiger partial charge in [0.05, 0.1) is 12.7 Å². The summed E-state index contributed by atoms with van der Waals surface area (Å²) in [6.07, 6.45) is 1.79. The molecule has 1 N–H and O–H groups in total. The Bertz CT molecular complexity index is 730. The van der Waals surface area contributed by atoms with Crippen molar-refractivity contribution in [2.75, 3.05) is 20.2 Å². The van der Waals surface area contributed by atoms with Crippen molar-refractivity contribution in [1.82, 2.24) is 4.90 Å². The molecule has 1 heterocycles. The Morgan fingerprint density at radius 1 is 1.29 bits per heavy atom. The number of ether oxygens (including phenoxy) is 1. The molecule has 126 valence electrons. The van der Waals surface area contributed by atoms with Crippen molar-refractivity contribution in [1.29, 1.82) is 0 Å². The van der Waals surface area contributed by atoms with E-state index in [1.807, 2.05) is 12.1 Å². The standard InChI is InChI=1S/C19H20FNO3/c1-24-18-11-15(20)4-7-17(18)19(23)21-9-8-14(12-21)10-13-2-5-16(22)6-3-13/h2-7,11,14,22H,8-10,12H2,1H3. The van der Waals surface area contributed by atoms with Gasteiger partial charge in [-0.2, -0.15) is 0 Å². The molecule has 1 amide bonds. The van der Waals surface area contributed by atoms with E-state index >= 15 is 0 Å². The Morgan fingerprint density at radius 3 is 2.75 bits per heavy atom. The van der Waals surface area contributed by atoms with Crippen molar-refractivity contribution in [3.63, 3.8) is 0 Å². The molecule has 0 radical (unpaired) electrons. The minimum absolute atomic E-state index is 0.125. The Morgan fingerprint density at radius 2 is 2.04 bits per heavy atom. The van der Waals surface area contributed by atoms with E-state index in [4.69, 9.17) is 4.74 Å². The van der Waals surface area contributed by atoms with Gasteiger partial charge in [0, 0.05) is 19.2 Å². The average molecular weight is 329 g/mol. The molecule has 3 rings (SSSR count). The van der Waals surface area contributed by atoms with E-state index < -0.39 is 5.82 Å². The number of rotatable bonds is 4. The zero-order valence-corrected chi connectivity index (χ0v) is 13.5. The van der Waals surface area contributed by atoms with Gasteiger partial charge in [-0.05, 0) is 48.6 Å². The summed E-state index contributed by atoms with van der Waals surface area (Å²) in [5.74, 6) is 0.354. The van der Waals surface area contributed by atoms with Crippen LogP contribution in [-0.2, 0) is 6.42 Å². The van der Waals surface area contributed by atoms with Gasteiger partial charge in [-0.25, -0.2) is 4.39 Å². The zero-order valence-electron chi connectivity index (χ0n) is 13.5. The molecule has 2 aromatic rings. The Kier molecular flexibility index (Phi) is 4.69. The van der Waals surface area contributed by atoms with Crippen molar-refractivity contribution in [3.8, 4) is 11.5 Å². The molecular weight excluding hydrogens is 309 g/mol.